The van der Waals surface area contributed by atoms with Crippen LogP contribution in [0.3, 0.4) is 0 Å². The van der Waals surface area contributed by atoms with Crippen molar-refractivity contribution in [1.82, 2.24) is 15.6 Å². The van der Waals surface area contributed by atoms with Crippen LogP contribution in [0.2, 0.25) is 0 Å². The zero-order valence-electron chi connectivity index (χ0n) is 8.18. The van der Waals surface area contributed by atoms with Crippen molar-refractivity contribution in [3.05, 3.63) is 17.3 Å². The molecule has 0 radical (unpaired) electrons. The lowest BCUT2D eigenvalue weighted by molar-refractivity contribution is 0.558. The largest absolute Gasteiger partial charge is 0.304 e. The number of rotatable bonds is 0. The van der Waals surface area contributed by atoms with E-state index in [0.717, 1.165) is 18.1 Å². The summed E-state index contributed by atoms with van der Waals surface area (Å²) in [7, 11) is 0. The molecule has 0 spiro atoms. The first-order chi connectivity index (χ1) is 6.07. The van der Waals surface area contributed by atoms with E-state index in [9.17, 15) is 0 Å². The lowest BCUT2D eigenvalue weighted by Crippen LogP contribution is -2.14. The molecule has 13 heavy (non-hydrogen) atoms. The lowest BCUT2D eigenvalue weighted by atomic mass is 9.91. The molecule has 2 N–H and O–H groups in total. The Morgan fingerprint density at radius 2 is 2.08 bits per heavy atom. The second kappa shape index (κ2) is 2.67. The SMILES string of the molecule is CC(C)(C)c1cc2c(nn1)NNC2. The maximum atomic E-state index is 4.17. The third-order valence-corrected chi connectivity index (χ3v) is 2.13. The van der Waals surface area contributed by atoms with Crippen LogP contribution >= 0.6 is 0 Å². The van der Waals surface area contributed by atoms with Gasteiger partial charge in [-0.3, -0.25) is 0 Å². The van der Waals surface area contributed by atoms with Gasteiger partial charge in [0, 0.05) is 17.5 Å². The van der Waals surface area contributed by atoms with Crippen molar-refractivity contribution in [3.8, 4) is 0 Å². The van der Waals surface area contributed by atoms with Crippen molar-refractivity contribution in [2.75, 3.05) is 5.43 Å². The molecule has 0 aromatic carbocycles. The fourth-order valence-corrected chi connectivity index (χ4v) is 1.26. The van der Waals surface area contributed by atoms with E-state index in [1.165, 1.54) is 5.56 Å². The molecule has 0 bridgehead atoms. The standard InChI is InChI=1S/C9H14N4/c1-9(2,3)7-4-6-5-10-12-8(6)13-11-7/h4,10H,5H2,1-3H3,(H,12,13). The smallest absolute Gasteiger partial charge is 0.167 e. The fraction of sp³-hybridized carbons (Fsp3) is 0.556. The quantitative estimate of drug-likeness (QED) is 0.627. The van der Waals surface area contributed by atoms with E-state index in [2.05, 4.69) is 47.9 Å². The highest BCUT2D eigenvalue weighted by Crippen LogP contribution is 2.23. The summed E-state index contributed by atoms with van der Waals surface area (Å²) in [6.07, 6.45) is 0. The summed E-state index contributed by atoms with van der Waals surface area (Å²) in [5.74, 6) is 0.855. The monoisotopic (exact) mass is 178 g/mol. The van der Waals surface area contributed by atoms with E-state index < -0.39 is 0 Å². The van der Waals surface area contributed by atoms with Crippen LogP contribution in [-0.2, 0) is 12.0 Å². The molecule has 4 nitrogen and oxygen atoms in total. The van der Waals surface area contributed by atoms with Crippen LogP contribution < -0.4 is 10.9 Å². The van der Waals surface area contributed by atoms with E-state index in [4.69, 9.17) is 0 Å². The molecule has 70 valence electrons. The molecule has 2 rings (SSSR count). The second-order valence-corrected chi connectivity index (χ2v) is 4.33. The molecule has 0 aliphatic carbocycles. The molecule has 1 aliphatic rings. The van der Waals surface area contributed by atoms with Crippen molar-refractivity contribution >= 4 is 5.82 Å². The summed E-state index contributed by atoms with van der Waals surface area (Å²) >= 11 is 0. The summed E-state index contributed by atoms with van der Waals surface area (Å²) in [4.78, 5) is 0. The van der Waals surface area contributed by atoms with E-state index in [-0.39, 0.29) is 5.41 Å². The summed E-state index contributed by atoms with van der Waals surface area (Å²) in [5.41, 5.74) is 8.28. The Hall–Kier alpha value is -1.16. The number of hydrazine groups is 1. The Bertz CT molecular complexity index is 327. The highest BCUT2D eigenvalue weighted by atomic mass is 15.4. The number of nitrogens with zero attached hydrogens (tertiary/aromatic N) is 2. The number of hydrogen-bond acceptors (Lipinski definition) is 4. The molecule has 2 heterocycles. The molecule has 0 unspecified atom stereocenters. The molecule has 0 amide bonds. The van der Waals surface area contributed by atoms with Gasteiger partial charge in [0.05, 0.1) is 5.69 Å². The van der Waals surface area contributed by atoms with Crippen LogP contribution in [-0.4, -0.2) is 10.2 Å². The molecule has 1 aliphatic heterocycles. The Morgan fingerprint density at radius 1 is 1.31 bits per heavy atom. The molecule has 4 heteroatoms. The molecule has 0 saturated carbocycles. The van der Waals surface area contributed by atoms with E-state index in [1.807, 2.05) is 0 Å². The van der Waals surface area contributed by atoms with Gasteiger partial charge in [-0.25, -0.2) is 5.43 Å². The average molecular weight is 178 g/mol. The van der Waals surface area contributed by atoms with Crippen LogP contribution in [0.5, 0.6) is 0 Å². The molecular weight excluding hydrogens is 164 g/mol. The maximum Gasteiger partial charge on any atom is 0.167 e. The number of nitrogens with one attached hydrogen (secondary N) is 2. The van der Waals surface area contributed by atoms with Crippen LogP contribution in [0.15, 0.2) is 6.07 Å². The first-order valence-electron chi connectivity index (χ1n) is 4.43. The minimum Gasteiger partial charge on any atom is -0.304 e. The minimum atomic E-state index is 0.0740. The van der Waals surface area contributed by atoms with Gasteiger partial charge < -0.3 is 5.43 Å². The number of fused-ring (bicyclic) bond motifs is 1. The van der Waals surface area contributed by atoms with Gasteiger partial charge in [0.25, 0.3) is 0 Å². The van der Waals surface area contributed by atoms with Gasteiger partial charge >= 0.3 is 0 Å². The van der Waals surface area contributed by atoms with Crippen LogP contribution in [0.4, 0.5) is 5.82 Å². The van der Waals surface area contributed by atoms with Gasteiger partial charge in [0.15, 0.2) is 5.82 Å². The van der Waals surface area contributed by atoms with Gasteiger partial charge in [-0.15, -0.1) is 5.10 Å². The van der Waals surface area contributed by atoms with Crippen LogP contribution in [0.25, 0.3) is 0 Å². The predicted molar refractivity (Wildman–Crippen MR) is 51.2 cm³/mol. The Morgan fingerprint density at radius 3 is 2.77 bits per heavy atom. The Balaban J connectivity index is 2.42. The van der Waals surface area contributed by atoms with Gasteiger partial charge in [-0.1, -0.05) is 20.8 Å². The molecule has 0 atom stereocenters. The number of aromatic nitrogens is 2. The predicted octanol–water partition coefficient (Wildman–Crippen LogP) is 1.20. The first kappa shape index (κ1) is 8.44. The van der Waals surface area contributed by atoms with Crippen molar-refractivity contribution in [1.29, 1.82) is 0 Å². The highest BCUT2D eigenvalue weighted by Gasteiger charge is 2.19. The third kappa shape index (κ3) is 1.49. The van der Waals surface area contributed by atoms with Gasteiger partial charge in [0.2, 0.25) is 0 Å². The van der Waals surface area contributed by atoms with Gasteiger partial charge in [-0.05, 0) is 6.07 Å². The molecular formula is C9H14N4. The van der Waals surface area contributed by atoms with Crippen molar-refractivity contribution in [3.63, 3.8) is 0 Å². The average Bonchev–Trinajstić information content (AvgIpc) is 2.47. The second-order valence-electron chi connectivity index (χ2n) is 4.33. The first-order valence-corrected chi connectivity index (χ1v) is 4.43. The van der Waals surface area contributed by atoms with E-state index in [1.54, 1.807) is 0 Å². The summed E-state index contributed by atoms with van der Waals surface area (Å²) in [6.45, 7) is 7.24. The topological polar surface area (TPSA) is 49.8 Å². The molecule has 1 aromatic heterocycles. The lowest BCUT2D eigenvalue weighted by Gasteiger charge is -2.16. The number of hydrogen-bond donors (Lipinski definition) is 2. The molecule has 0 fully saturated rings. The fourth-order valence-electron chi connectivity index (χ4n) is 1.26. The maximum absolute atomic E-state index is 4.17. The van der Waals surface area contributed by atoms with Gasteiger partial charge in [-0.2, -0.15) is 5.10 Å². The summed E-state index contributed by atoms with van der Waals surface area (Å²) in [6, 6.07) is 2.11. The van der Waals surface area contributed by atoms with Crippen LogP contribution in [0.1, 0.15) is 32.0 Å². The number of anilines is 1. The van der Waals surface area contributed by atoms with E-state index >= 15 is 0 Å². The Labute approximate surface area is 77.7 Å². The minimum absolute atomic E-state index is 0.0740. The Kier molecular flexibility index (Phi) is 1.73. The van der Waals surface area contributed by atoms with Crippen molar-refractivity contribution < 1.29 is 0 Å². The normalized spacial score (nSPS) is 15.3. The summed E-state index contributed by atoms with van der Waals surface area (Å²) < 4.78 is 0. The van der Waals surface area contributed by atoms with Crippen LogP contribution in [0, 0.1) is 0 Å². The zero-order valence-corrected chi connectivity index (χ0v) is 8.18. The van der Waals surface area contributed by atoms with Gasteiger partial charge in [0.1, 0.15) is 0 Å². The molecule has 1 aromatic rings. The highest BCUT2D eigenvalue weighted by molar-refractivity contribution is 5.46. The summed E-state index contributed by atoms with van der Waals surface area (Å²) in [5, 5.41) is 8.27. The third-order valence-electron chi connectivity index (χ3n) is 2.13. The van der Waals surface area contributed by atoms with Crippen molar-refractivity contribution in [2.45, 2.75) is 32.7 Å². The van der Waals surface area contributed by atoms with Crippen molar-refractivity contribution in [2.24, 2.45) is 0 Å². The van der Waals surface area contributed by atoms with E-state index in [0.29, 0.717) is 0 Å². The zero-order chi connectivity index (χ0) is 9.47. The molecule has 0 saturated heterocycles.